The lowest BCUT2D eigenvalue weighted by atomic mass is 10.0. The van der Waals surface area contributed by atoms with Crippen molar-refractivity contribution in [3.8, 4) is 0 Å². The van der Waals surface area contributed by atoms with Crippen LogP contribution in [-0.2, 0) is 32.6 Å². The largest absolute Gasteiger partial charge is 0.352 e. The van der Waals surface area contributed by atoms with Crippen molar-refractivity contribution in [3.05, 3.63) is 131 Å². The second-order valence-corrected chi connectivity index (χ2v) is 12.7. The van der Waals surface area contributed by atoms with Crippen LogP contribution in [0.3, 0.4) is 0 Å². The number of para-hydroxylation sites is 1. The number of nitrogens with zero attached hydrogens (tertiary/aromatic N) is 2. The zero-order chi connectivity index (χ0) is 31.7. The third-order valence-corrected chi connectivity index (χ3v) is 9.30. The molecule has 0 aromatic heterocycles. The molecular weight excluding hydrogens is 601 g/mol. The molecule has 4 rings (SSSR count). The maximum Gasteiger partial charge on any atom is 0.264 e. The van der Waals surface area contributed by atoms with E-state index in [2.05, 4.69) is 5.32 Å². The summed E-state index contributed by atoms with van der Waals surface area (Å²) in [5.41, 5.74) is 1.22. The van der Waals surface area contributed by atoms with Gasteiger partial charge in [0.2, 0.25) is 11.8 Å². The molecule has 0 radical (unpaired) electrons. The Balaban J connectivity index is 1.81. The van der Waals surface area contributed by atoms with Gasteiger partial charge < -0.3 is 10.2 Å². The van der Waals surface area contributed by atoms with Crippen LogP contribution in [0.5, 0.6) is 0 Å². The molecule has 2 atom stereocenters. The van der Waals surface area contributed by atoms with Gasteiger partial charge in [0, 0.05) is 24.0 Å². The number of carbonyl (C=O) groups is 2. The highest BCUT2D eigenvalue weighted by molar-refractivity contribution is 7.92. The van der Waals surface area contributed by atoms with Crippen molar-refractivity contribution in [2.45, 2.75) is 50.2 Å². The Morgan fingerprint density at radius 2 is 1.43 bits per heavy atom. The van der Waals surface area contributed by atoms with Crippen molar-refractivity contribution in [1.82, 2.24) is 10.2 Å². The molecule has 44 heavy (non-hydrogen) atoms. The van der Waals surface area contributed by atoms with E-state index in [1.807, 2.05) is 44.2 Å². The van der Waals surface area contributed by atoms with Gasteiger partial charge in [0.25, 0.3) is 10.0 Å². The lowest BCUT2D eigenvalue weighted by Crippen LogP contribution is -2.54. The highest BCUT2D eigenvalue weighted by atomic mass is 35.5. The summed E-state index contributed by atoms with van der Waals surface area (Å²) in [6.07, 6.45) is 0.846. The number of hydrogen-bond acceptors (Lipinski definition) is 4. The van der Waals surface area contributed by atoms with Gasteiger partial charge in [-0.3, -0.25) is 13.9 Å². The first-order valence-corrected chi connectivity index (χ1v) is 16.1. The van der Waals surface area contributed by atoms with Gasteiger partial charge in [0.05, 0.1) is 10.6 Å². The van der Waals surface area contributed by atoms with Gasteiger partial charge in [-0.2, -0.15) is 0 Å². The third kappa shape index (κ3) is 8.24. The summed E-state index contributed by atoms with van der Waals surface area (Å²) >= 11 is 6.11. The lowest BCUT2D eigenvalue weighted by molar-refractivity contribution is -0.140. The molecule has 0 aliphatic rings. The van der Waals surface area contributed by atoms with Crippen LogP contribution in [0.1, 0.15) is 31.4 Å². The van der Waals surface area contributed by atoms with Crippen LogP contribution in [0.4, 0.5) is 10.1 Å². The second kappa shape index (κ2) is 15.0. The Morgan fingerprint density at radius 3 is 2.05 bits per heavy atom. The molecule has 10 heteroatoms. The maximum atomic E-state index is 15.2. The van der Waals surface area contributed by atoms with Gasteiger partial charge in [-0.1, -0.05) is 91.3 Å². The van der Waals surface area contributed by atoms with Gasteiger partial charge in [0.1, 0.15) is 18.4 Å². The molecule has 0 spiro atoms. The van der Waals surface area contributed by atoms with Crippen LogP contribution < -0.4 is 9.62 Å². The predicted molar refractivity (Wildman–Crippen MR) is 171 cm³/mol. The van der Waals surface area contributed by atoms with E-state index in [-0.39, 0.29) is 35.5 Å². The molecule has 0 heterocycles. The number of sulfonamides is 1. The zero-order valence-electron chi connectivity index (χ0n) is 24.6. The number of amides is 2. The summed E-state index contributed by atoms with van der Waals surface area (Å²) in [7, 11) is -4.38. The van der Waals surface area contributed by atoms with Gasteiger partial charge in [-0.25, -0.2) is 12.8 Å². The van der Waals surface area contributed by atoms with Crippen molar-refractivity contribution in [2.75, 3.05) is 10.8 Å². The molecule has 1 N–H and O–H groups in total. The molecule has 0 bridgehead atoms. The van der Waals surface area contributed by atoms with Crippen molar-refractivity contribution in [2.24, 2.45) is 0 Å². The summed E-state index contributed by atoms with van der Waals surface area (Å²) in [5.74, 6) is -1.86. The van der Waals surface area contributed by atoms with Gasteiger partial charge >= 0.3 is 0 Å². The Labute approximate surface area is 263 Å². The molecule has 0 saturated heterocycles. The average Bonchev–Trinajstić information content (AvgIpc) is 3.03. The molecule has 2 amide bonds. The molecule has 0 saturated carbocycles. The first-order valence-electron chi connectivity index (χ1n) is 14.3. The molecule has 4 aromatic carbocycles. The smallest absolute Gasteiger partial charge is 0.264 e. The number of anilines is 1. The number of halogens is 2. The topological polar surface area (TPSA) is 86.8 Å². The van der Waals surface area contributed by atoms with Crippen LogP contribution in [0, 0.1) is 5.82 Å². The van der Waals surface area contributed by atoms with Crippen molar-refractivity contribution >= 4 is 39.1 Å². The van der Waals surface area contributed by atoms with E-state index in [4.69, 9.17) is 11.6 Å². The number of benzene rings is 4. The number of hydrogen-bond donors (Lipinski definition) is 1. The van der Waals surface area contributed by atoms with E-state index in [1.165, 1.54) is 35.2 Å². The molecule has 4 aromatic rings. The third-order valence-electron chi connectivity index (χ3n) is 7.27. The molecule has 7 nitrogen and oxygen atoms in total. The van der Waals surface area contributed by atoms with Crippen molar-refractivity contribution < 1.29 is 22.4 Å². The summed E-state index contributed by atoms with van der Waals surface area (Å²) in [6.45, 7) is 3.05. The molecule has 230 valence electrons. The van der Waals surface area contributed by atoms with E-state index in [9.17, 15) is 18.0 Å². The maximum absolute atomic E-state index is 15.2. The highest BCUT2D eigenvalue weighted by Gasteiger charge is 2.35. The van der Waals surface area contributed by atoms with Crippen LogP contribution in [0.25, 0.3) is 0 Å². The SMILES string of the molecule is CCC(C)NC(=O)C(Cc1ccccc1)N(Cc1ccc(Cl)cc1)C(=O)CN(c1ccccc1F)S(=O)(=O)c1ccccc1. The first-order chi connectivity index (χ1) is 21.1. The number of carbonyl (C=O) groups excluding carboxylic acids is 2. The minimum absolute atomic E-state index is 0.0159. The fourth-order valence-electron chi connectivity index (χ4n) is 4.67. The lowest BCUT2D eigenvalue weighted by Gasteiger charge is -2.34. The van der Waals surface area contributed by atoms with Gasteiger partial charge in [-0.15, -0.1) is 0 Å². The average molecular weight is 636 g/mol. The zero-order valence-corrected chi connectivity index (χ0v) is 26.1. The highest BCUT2D eigenvalue weighted by Crippen LogP contribution is 2.27. The molecule has 2 unspecified atom stereocenters. The number of nitrogens with one attached hydrogen (secondary N) is 1. The Hall–Kier alpha value is -4.21. The molecule has 0 aliphatic carbocycles. The standard InChI is InChI=1S/C34H35ClFN3O4S/c1-3-25(2)37-34(41)32(22-26-12-6-4-7-13-26)38(23-27-18-20-28(35)21-19-27)33(40)24-39(31-17-11-10-16-30(31)36)44(42,43)29-14-8-5-9-15-29/h4-21,25,32H,3,22-24H2,1-2H3,(H,37,41). The van der Waals surface area contributed by atoms with E-state index in [1.54, 1.807) is 42.5 Å². The summed E-state index contributed by atoms with van der Waals surface area (Å²) in [4.78, 5) is 29.4. The van der Waals surface area contributed by atoms with Crippen molar-refractivity contribution in [3.63, 3.8) is 0 Å². The van der Waals surface area contributed by atoms with E-state index in [0.717, 1.165) is 15.9 Å². The Kier molecular flexibility index (Phi) is 11.1. The number of rotatable bonds is 13. The predicted octanol–water partition coefficient (Wildman–Crippen LogP) is 6.23. The summed E-state index contributed by atoms with van der Waals surface area (Å²) < 4.78 is 43.8. The molecule has 0 fully saturated rings. The van der Waals surface area contributed by atoms with E-state index in [0.29, 0.717) is 17.0 Å². The monoisotopic (exact) mass is 635 g/mol. The van der Waals surface area contributed by atoms with Crippen LogP contribution in [-0.4, -0.2) is 43.8 Å². The fraction of sp³-hybridized carbons (Fsp3) is 0.235. The molecule has 0 aliphatic heterocycles. The van der Waals surface area contributed by atoms with Gasteiger partial charge in [0.15, 0.2) is 0 Å². The summed E-state index contributed by atoms with van der Waals surface area (Å²) in [5, 5.41) is 3.49. The quantitative estimate of drug-likeness (QED) is 0.189. The van der Waals surface area contributed by atoms with E-state index >= 15 is 4.39 Å². The van der Waals surface area contributed by atoms with Crippen molar-refractivity contribution in [1.29, 1.82) is 0 Å². The van der Waals surface area contributed by atoms with E-state index < -0.39 is 34.3 Å². The van der Waals surface area contributed by atoms with Gasteiger partial charge in [-0.05, 0) is 60.9 Å². The minimum Gasteiger partial charge on any atom is -0.352 e. The minimum atomic E-state index is -4.38. The second-order valence-electron chi connectivity index (χ2n) is 10.4. The van der Waals surface area contributed by atoms with Crippen LogP contribution in [0.15, 0.2) is 114 Å². The normalized spacial score (nSPS) is 12.6. The van der Waals surface area contributed by atoms with Crippen LogP contribution >= 0.6 is 11.6 Å². The first kappa shape index (κ1) is 32.7. The van der Waals surface area contributed by atoms with Crippen LogP contribution in [0.2, 0.25) is 5.02 Å². The Bertz CT molecular complexity index is 1660. The fourth-order valence-corrected chi connectivity index (χ4v) is 6.24. The molecular formula is C34H35ClFN3O4S. The summed E-state index contributed by atoms with van der Waals surface area (Å²) in [6, 6.07) is 27.9. The Morgan fingerprint density at radius 1 is 0.841 bits per heavy atom.